The molecule has 8 heteroatoms. The Bertz CT molecular complexity index is 1120. The number of rotatable bonds is 4. The number of anilines is 1. The number of hydrogen-bond acceptors (Lipinski definition) is 4. The van der Waals surface area contributed by atoms with Crippen molar-refractivity contribution < 1.29 is 8.42 Å². The van der Waals surface area contributed by atoms with Gasteiger partial charge in [-0.3, -0.25) is 4.72 Å². The van der Waals surface area contributed by atoms with E-state index in [1.165, 1.54) is 6.42 Å². The first-order chi connectivity index (χ1) is 13.5. The molecular weight excluding hydrogens is 440 g/mol. The van der Waals surface area contributed by atoms with Gasteiger partial charge in [0.1, 0.15) is 10.7 Å². The number of halogens is 1. The highest BCUT2D eigenvalue weighted by Crippen LogP contribution is 2.32. The third kappa shape index (κ3) is 3.71. The highest BCUT2D eigenvalue weighted by molar-refractivity contribution is 9.10. The summed E-state index contributed by atoms with van der Waals surface area (Å²) in [6, 6.07) is 12.5. The lowest BCUT2D eigenvalue weighted by molar-refractivity contribution is 0.600. The van der Waals surface area contributed by atoms with E-state index in [2.05, 4.69) is 35.4 Å². The molecule has 2 aromatic carbocycles. The molecule has 0 saturated heterocycles. The van der Waals surface area contributed by atoms with E-state index in [4.69, 9.17) is 0 Å². The number of para-hydroxylation sites is 1. The summed E-state index contributed by atoms with van der Waals surface area (Å²) in [7, 11) is -3.76. The Labute approximate surface area is 173 Å². The topological polar surface area (TPSA) is 76.9 Å². The van der Waals surface area contributed by atoms with Gasteiger partial charge in [-0.2, -0.15) is 0 Å². The van der Waals surface area contributed by atoms with Crippen LogP contribution in [0, 0.1) is 6.92 Å². The van der Waals surface area contributed by atoms with Crippen molar-refractivity contribution in [2.24, 2.45) is 0 Å². The van der Waals surface area contributed by atoms with Crippen molar-refractivity contribution in [2.45, 2.75) is 44.0 Å². The van der Waals surface area contributed by atoms with E-state index in [1.54, 1.807) is 24.3 Å². The summed E-state index contributed by atoms with van der Waals surface area (Å²) in [5.41, 5.74) is 2.21. The van der Waals surface area contributed by atoms with Crippen LogP contribution in [0.1, 0.15) is 30.7 Å². The van der Waals surface area contributed by atoms with Crippen LogP contribution in [-0.2, 0) is 23.0 Å². The van der Waals surface area contributed by atoms with Gasteiger partial charge in [0.25, 0.3) is 10.0 Å². The normalized spacial score (nSPS) is 14.4. The minimum absolute atomic E-state index is 0.202. The summed E-state index contributed by atoms with van der Waals surface area (Å²) in [5.74, 6) is 1.67. The zero-order valence-electron chi connectivity index (χ0n) is 15.5. The molecule has 6 nitrogen and oxygen atoms in total. The van der Waals surface area contributed by atoms with Crippen molar-refractivity contribution in [1.29, 1.82) is 0 Å². The van der Waals surface area contributed by atoms with Crippen LogP contribution < -0.4 is 4.72 Å². The van der Waals surface area contributed by atoms with E-state index in [0.29, 0.717) is 16.0 Å². The summed E-state index contributed by atoms with van der Waals surface area (Å²) in [6.45, 7) is 2.77. The Hall–Kier alpha value is -2.19. The van der Waals surface area contributed by atoms with Crippen molar-refractivity contribution in [2.75, 3.05) is 4.72 Å². The number of sulfonamides is 1. The Morgan fingerprint density at radius 2 is 1.89 bits per heavy atom. The summed E-state index contributed by atoms with van der Waals surface area (Å²) in [5, 5.41) is 8.71. The molecule has 0 aliphatic carbocycles. The maximum absolute atomic E-state index is 13.0. The van der Waals surface area contributed by atoms with Gasteiger partial charge in [-0.1, -0.05) is 24.6 Å². The third-order valence-corrected chi connectivity index (χ3v) is 7.24. The minimum atomic E-state index is -3.76. The highest BCUT2D eigenvalue weighted by atomic mass is 79.9. The molecule has 4 rings (SSSR count). The number of aryl methyl sites for hydroxylation is 2. The van der Waals surface area contributed by atoms with Crippen LogP contribution in [-0.4, -0.2) is 23.2 Å². The van der Waals surface area contributed by atoms with Gasteiger partial charge in [0.05, 0.1) is 5.69 Å². The summed E-state index contributed by atoms with van der Waals surface area (Å²) < 4.78 is 31.4. The van der Waals surface area contributed by atoms with Gasteiger partial charge in [0.2, 0.25) is 0 Å². The lowest BCUT2D eigenvalue weighted by atomic mass is 10.1. The third-order valence-electron chi connectivity index (χ3n) is 4.90. The second-order valence-corrected chi connectivity index (χ2v) is 9.49. The van der Waals surface area contributed by atoms with Gasteiger partial charge in [-0.05, 0) is 65.5 Å². The monoisotopic (exact) mass is 460 g/mol. The average Bonchev–Trinajstić information content (AvgIpc) is 2.89. The Morgan fingerprint density at radius 1 is 1.07 bits per heavy atom. The van der Waals surface area contributed by atoms with E-state index in [-0.39, 0.29) is 4.90 Å². The smallest absolute Gasteiger partial charge is 0.263 e. The summed E-state index contributed by atoms with van der Waals surface area (Å²) >= 11 is 3.37. The zero-order valence-corrected chi connectivity index (χ0v) is 17.9. The van der Waals surface area contributed by atoms with Crippen molar-refractivity contribution in [3.63, 3.8) is 0 Å². The molecule has 0 atom stereocenters. The number of fused-ring (bicyclic) bond motifs is 1. The summed E-state index contributed by atoms with van der Waals surface area (Å²) in [4.78, 5) is 0.202. The first-order valence-electron chi connectivity index (χ1n) is 9.26. The SMILES string of the molecule is Cc1ccc(S(=O)(=O)Nc2ccccc2-c2nnc3n2CCCCC3)c(Br)c1. The molecule has 0 spiro atoms. The molecular formula is C20H21BrN4O2S. The fourth-order valence-electron chi connectivity index (χ4n) is 3.47. The molecule has 2 heterocycles. The molecule has 146 valence electrons. The molecule has 0 radical (unpaired) electrons. The van der Waals surface area contributed by atoms with Gasteiger partial charge in [-0.15, -0.1) is 10.2 Å². The van der Waals surface area contributed by atoms with Crippen LogP contribution in [0.4, 0.5) is 5.69 Å². The van der Waals surface area contributed by atoms with Crippen molar-refractivity contribution in [3.8, 4) is 11.4 Å². The molecule has 1 aliphatic heterocycles. The second-order valence-electron chi connectivity index (χ2n) is 6.99. The van der Waals surface area contributed by atoms with Crippen molar-refractivity contribution in [1.82, 2.24) is 14.8 Å². The van der Waals surface area contributed by atoms with Gasteiger partial charge < -0.3 is 4.57 Å². The van der Waals surface area contributed by atoms with Crippen LogP contribution in [0.2, 0.25) is 0 Å². The standard InChI is InChI=1S/C20H21BrN4O2S/c1-14-10-11-18(16(21)13-14)28(26,27)24-17-8-5-4-7-15(17)20-23-22-19-9-3-2-6-12-25(19)20/h4-5,7-8,10-11,13,24H,2-3,6,9,12H2,1H3. The predicted molar refractivity (Wildman–Crippen MR) is 113 cm³/mol. The van der Waals surface area contributed by atoms with Crippen LogP contribution in [0.5, 0.6) is 0 Å². The lowest BCUT2D eigenvalue weighted by Crippen LogP contribution is -2.15. The fraction of sp³-hybridized carbons (Fsp3) is 0.300. The molecule has 1 N–H and O–H groups in total. The second kappa shape index (κ2) is 7.67. The van der Waals surface area contributed by atoms with Crippen LogP contribution >= 0.6 is 15.9 Å². The van der Waals surface area contributed by atoms with E-state index < -0.39 is 10.0 Å². The van der Waals surface area contributed by atoms with Crippen LogP contribution in [0.15, 0.2) is 51.8 Å². The van der Waals surface area contributed by atoms with E-state index >= 15 is 0 Å². The number of nitrogens with zero attached hydrogens (tertiary/aromatic N) is 3. The van der Waals surface area contributed by atoms with Gasteiger partial charge in [0, 0.05) is 23.0 Å². The van der Waals surface area contributed by atoms with E-state index in [0.717, 1.165) is 42.8 Å². The van der Waals surface area contributed by atoms with Gasteiger partial charge in [0.15, 0.2) is 5.82 Å². The quantitative estimate of drug-likeness (QED) is 0.619. The Morgan fingerprint density at radius 3 is 2.71 bits per heavy atom. The molecule has 3 aromatic rings. The Balaban J connectivity index is 1.74. The summed E-state index contributed by atoms with van der Waals surface area (Å²) in [6.07, 6.45) is 4.24. The number of hydrogen-bond donors (Lipinski definition) is 1. The van der Waals surface area contributed by atoms with Gasteiger partial charge in [-0.25, -0.2) is 8.42 Å². The molecule has 1 aliphatic rings. The maximum atomic E-state index is 13.0. The fourth-order valence-corrected chi connectivity index (χ4v) is 5.75. The average molecular weight is 461 g/mol. The maximum Gasteiger partial charge on any atom is 0.263 e. The predicted octanol–water partition coefficient (Wildman–Crippen LogP) is 4.54. The Kier molecular flexibility index (Phi) is 5.25. The molecule has 0 amide bonds. The number of aromatic nitrogens is 3. The van der Waals surface area contributed by atoms with Gasteiger partial charge >= 0.3 is 0 Å². The highest BCUT2D eigenvalue weighted by Gasteiger charge is 2.22. The first kappa shape index (κ1) is 19.1. The molecule has 1 aromatic heterocycles. The molecule has 0 fully saturated rings. The molecule has 0 unspecified atom stereocenters. The molecule has 0 saturated carbocycles. The van der Waals surface area contributed by atoms with E-state index in [9.17, 15) is 8.42 Å². The van der Waals surface area contributed by atoms with Crippen molar-refractivity contribution in [3.05, 3.63) is 58.3 Å². The van der Waals surface area contributed by atoms with E-state index in [1.807, 2.05) is 25.1 Å². The largest absolute Gasteiger partial charge is 0.311 e. The number of benzene rings is 2. The number of nitrogens with one attached hydrogen (secondary N) is 1. The molecule has 28 heavy (non-hydrogen) atoms. The molecule has 0 bridgehead atoms. The minimum Gasteiger partial charge on any atom is -0.311 e. The van der Waals surface area contributed by atoms with Crippen LogP contribution in [0.25, 0.3) is 11.4 Å². The van der Waals surface area contributed by atoms with Crippen molar-refractivity contribution >= 4 is 31.6 Å². The lowest BCUT2D eigenvalue weighted by Gasteiger charge is -2.14. The van der Waals surface area contributed by atoms with Crippen LogP contribution in [0.3, 0.4) is 0 Å². The first-order valence-corrected chi connectivity index (χ1v) is 11.5. The zero-order chi connectivity index (χ0) is 19.7.